The molecule has 0 aliphatic carbocycles. The first-order valence-corrected chi connectivity index (χ1v) is 5.98. The summed E-state index contributed by atoms with van der Waals surface area (Å²) in [6, 6.07) is 8.07. The quantitative estimate of drug-likeness (QED) is 0.895. The highest BCUT2D eigenvalue weighted by molar-refractivity contribution is 9.10. The van der Waals surface area contributed by atoms with E-state index in [1.807, 2.05) is 31.2 Å². The molecule has 1 heterocycles. The van der Waals surface area contributed by atoms with Gasteiger partial charge in [-0.2, -0.15) is 0 Å². The maximum atomic E-state index is 10.3. The molecule has 0 bridgehead atoms. The van der Waals surface area contributed by atoms with Crippen LogP contribution in [0.1, 0.15) is 18.9 Å². The molecule has 82 valence electrons. The lowest BCUT2D eigenvalue weighted by molar-refractivity contribution is -0.0268. The van der Waals surface area contributed by atoms with E-state index >= 15 is 0 Å². The van der Waals surface area contributed by atoms with Crippen molar-refractivity contribution < 1.29 is 9.84 Å². The minimum atomic E-state index is -0.687. The summed E-state index contributed by atoms with van der Waals surface area (Å²) in [5, 5.41) is 10.3. The Kier molecular flexibility index (Phi) is 3.14. The Morgan fingerprint density at radius 2 is 2.13 bits per heavy atom. The van der Waals surface area contributed by atoms with Crippen LogP contribution in [0.4, 0.5) is 0 Å². The van der Waals surface area contributed by atoms with Gasteiger partial charge in [0.15, 0.2) is 0 Å². The molecule has 1 aromatic rings. The maximum Gasteiger partial charge on any atom is 0.0967 e. The van der Waals surface area contributed by atoms with Crippen molar-refractivity contribution in [3.8, 4) is 0 Å². The van der Waals surface area contributed by atoms with Crippen molar-refractivity contribution in [1.82, 2.24) is 0 Å². The summed E-state index contributed by atoms with van der Waals surface area (Å²) < 4.78 is 6.47. The minimum Gasteiger partial charge on any atom is -0.387 e. The zero-order chi connectivity index (χ0) is 10.9. The molecule has 0 amide bonds. The van der Waals surface area contributed by atoms with Crippen LogP contribution in [0.2, 0.25) is 0 Å². The summed E-state index contributed by atoms with van der Waals surface area (Å²) in [6.45, 7) is 2.60. The van der Waals surface area contributed by atoms with Gasteiger partial charge in [0.2, 0.25) is 0 Å². The van der Waals surface area contributed by atoms with Gasteiger partial charge in [-0.25, -0.2) is 0 Å². The number of halogens is 1. The molecule has 0 spiro atoms. The third kappa shape index (κ3) is 2.41. The Morgan fingerprint density at radius 1 is 1.47 bits per heavy atom. The van der Waals surface area contributed by atoms with Crippen LogP contribution in [0.25, 0.3) is 0 Å². The van der Waals surface area contributed by atoms with Gasteiger partial charge in [-0.3, -0.25) is 0 Å². The molecule has 3 heteroatoms. The third-order valence-corrected chi connectivity index (χ3v) is 3.61. The van der Waals surface area contributed by atoms with Crippen molar-refractivity contribution in [3.63, 3.8) is 0 Å². The molecule has 0 saturated carbocycles. The van der Waals surface area contributed by atoms with Crippen LogP contribution in [-0.4, -0.2) is 23.4 Å². The van der Waals surface area contributed by atoms with E-state index in [4.69, 9.17) is 4.74 Å². The molecule has 15 heavy (non-hydrogen) atoms. The zero-order valence-electron chi connectivity index (χ0n) is 8.74. The van der Waals surface area contributed by atoms with Crippen LogP contribution in [-0.2, 0) is 11.2 Å². The maximum absolute atomic E-state index is 10.3. The van der Waals surface area contributed by atoms with Gasteiger partial charge >= 0.3 is 0 Å². The first-order chi connectivity index (χ1) is 7.10. The number of ether oxygens (including phenoxy) is 1. The van der Waals surface area contributed by atoms with Crippen molar-refractivity contribution in [3.05, 3.63) is 34.3 Å². The van der Waals surface area contributed by atoms with E-state index in [2.05, 4.69) is 15.9 Å². The van der Waals surface area contributed by atoms with E-state index in [-0.39, 0.29) is 6.10 Å². The number of aliphatic hydroxyl groups is 1. The lowest BCUT2D eigenvalue weighted by Crippen LogP contribution is -2.38. The molecule has 2 unspecified atom stereocenters. The molecule has 1 aliphatic rings. The number of hydrogen-bond acceptors (Lipinski definition) is 2. The molecule has 2 nitrogen and oxygen atoms in total. The Morgan fingerprint density at radius 3 is 2.67 bits per heavy atom. The molecule has 1 N–H and O–H groups in total. The standard InChI is InChI=1S/C12H15BrO2/c1-9-12(14,6-7-15-9)8-10-2-4-11(13)5-3-10/h2-5,9,14H,6-8H2,1H3. The van der Waals surface area contributed by atoms with Crippen molar-refractivity contribution in [2.45, 2.75) is 31.5 Å². The van der Waals surface area contributed by atoms with E-state index in [0.29, 0.717) is 13.0 Å². The highest BCUT2D eigenvalue weighted by atomic mass is 79.9. The van der Waals surface area contributed by atoms with E-state index in [9.17, 15) is 5.11 Å². The van der Waals surface area contributed by atoms with E-state index in [0.717, 1.165) is 16.5 Å². The largest absolute Gasteiger partial charge is 0.387 e. The second-order valence-electron chi connectivity index (χ2n) is 4.17. The van der Waals surface area contributed by atoms with Gasteiger partial charge in [0.1, 0.15) is 0 Å². The summed E-state index contributed by atoms with van der Waals surface area (Å²) in [5.41, 5.74) is 0.464. The van der Waals surface area contributed by atoms with E-state index in [1.165, 1.54) is 0 Å². The van der Waals surface area contributed by atoms with Crippen molar-refractivity contribution in [2.75, 3.05) is 6.61 Å². The lowest BCUT2D eigenvalue weighted by atomic mass is 9.89. The van der Waals surface area contributed by atoms with Crippen molar-refractivity contribution in [2.24, 2.45) is 0 Å². The van der Waals surface area contributed by atoms with E-state index in [1.54, 1.807) is 0 Å². The monoisotopic (exact) mass is 270 g/mol. The Balaban J connectivity index is 2.11. The summed E-state index contributed by atoms with van der Waals surface area (Å²) in [7, 11) is 0. The fourth-order valence-corrected chi connectivity index (χ4v) is 2.22. The first kappa shape index (κ1) is 11.1. The molecular formula is C12H15BrO2. The third-order valence-electron chi connectivity index (χ3n) is 3.08. The van der Waals surface area contributed by atoms with Crippen LogP contribution in [0.15, 0.2) is 28.7 Å². The summed E-state index contributed by atoms with van der Waals surface area (Å²) in [6.07, 6.45) is 1.33. The highest BCUT2D eigenvalue weighted by Crippen LogP contribution is 2.29. The summed E-state index contributed by atoms with van der Waals surface area (Å²) in [5.74, 6) is 0. The van der Waals surface area contributed by atoms with Crippen molar-refractivity contribution >= 4 is 15.9 Å². The predicted octanol–water partition coefficient (Wildman–Crippen LogP) is 2.53. The topological polar surface area (TPSA) is 29.5 Å². The smallest absolute Gasteiger partial charge is 0.0967 e. The first-order valence-electron chi connectivity index (χ1n) is 5.19. The van der Waals surface area contributed by atoms with Gasteiger partial charge in [0, 0.05) is 23.9 Å². The molecule has 0 radical (unpaired) electrons. The van der Waals surface area contributed by atoms with Crippen LogP contribution in [0.3, 0.4) is 0 Å². The SMILES string of the molecule is CC1OCCC1(O)Cc1ccc(Br)cc1. The summed E-state index contributed by atoms with van der Waals surface area (Å²) in [4.78, 5) is 0. The molecule has 0 aromatic heterocycles. The number of benzene rings is 1. The van der Waals surface area contributed by atoms with Crippen LogP contribution < -0.4 is 0 Å². The fourth-order valence-electron chi connectivity index (χ4n) is 1.96. The number of hydrogen-bond donors (Lipinski definition) is 1. The summed E-state index contributed by atoms with van der Waals surface area (Å²) >= 11 is 3.40. The zero-order valence-corrected chi connectivity index (χ0v) is 10.3. The molecule has 1 saturated heterocycles. The van der Waals surface area contributed by atoms with Gasteiger partial charge in [-0.1, -0.05) is 28.1 Å². The molecule has 1 aliphatic heterocycles. The van der Waals surface area contributed by atoms with Gasteiger partial charge in [0.05, 0.1) is 11.7 Å². The second-order valence-corrected chi connectivity index (χ2v) is 5.09. The van der Waals surface area contributed by atoms with Crippen LogP contribution in [0, 0.1) is 0 Å². The molecule has 1 fully saturated rings. The molecular weight excluding hydrogens is 256 g/mol. The molecule has 1 aromatic carbocycles. The normalized spacial score (nSPS) is 30.7. The van der Waals surface area contributed by atoms with Gasteiger partial charge < -0.3 is 9.84 Å². The Labute approximate surface area is 98.4 Å². The van der Waals surface area contributed by atoms with Crippen molar-refractivity contribution in [1.29, 1.82) is 0 Å². The van der Waals surface area contributed by atoms with Crippen LogP contribution in [0.5, 0.6) is 0 Å². The average Bonchev–Trinajstić information content (AvgIpc) is 2.51. The molecule has 2 atom stereocenters. The second kappa shape index (κ2) is 4.24. The van der Waals surface area contributed by atoms with Gasteiger partial charge in [-0.05, 0) is 24.6 Å². The Bertz CT molecular complexity index is 336. The van der Waals surface area contributed by atoms with E-state index < -0.39 is 5.60 Å². The fraction of sp³-hybridized carbons (Fsp3) is 0.500. The minimum absolute atomic E-state index is 0.0684. The average molecular weight is 271 g/mol. The Hall–Kier alpha value is -0.380. The van der Waals surface area contributed by atoms with Gasteiger partial charge in [-0.15, -0.1) is 0 Å². The van der Waals surface area contributed by atoms with Gasteiger partial charge in [0.25, 0.3) is 0 Å². The highest BCUT2D eigenvalue weighted by Gasteiger charge is 2.39. The van der Waals surface area contributed by atoms with Crippen LogP contribution >= 0.6 is 15.9 Å². The number of rotatable bonds is 2. The predicted molar refractivity (Wildman–Crippen MR) is 62.8 cm³/mol. The lowest BCUT2D eigenvalue weighted by Gasteiger charge is -2.26. The molecule has 2 rings (SSSR count).